The maximum absolute atomic E-state index is 12.3. The van der Waals surface area contributed by atoms with Gasteiger partial charge in [-0.1, -0.05) is 15.9 Å². The minimum absolute atomic E-state index is 0.0330. The third kappa shape index (κ3) is 2.01. The van der Waals surface area contributed by atoms with Gasteiger partial charge in [-0.05, 0) is 6.07 Å². The summed E-state index contributed by atoms with van der Waals surface area (Å²) in [6.07, 6.45) is -1.35. The maximum atomic E-state index is 12.3. The predicted octanol–water partition coefficient (Wildman–Crippen LogP) is 2.79. The minimum atomic E-state index is -2.63. The normalized spacial score (nSPS) is 10.1. The van der Waals surface area contributed by atoms with Crippen molar-refractivity contribution in [1.82, 2.24) is 4.98 Å². The zero-order chi connectivity index (χ0) is 9.84. The Morgan fingerprint density at radius 2 is 2.31 bits per heavy atom. The van der Waals surface area contributed by atoms with E-state index in [0.717, 1.165) is 6.07 Å². The summed E-state index contributed by atoms with van der Waals surface area (Å²) >= 11 is 3.07. The minimum Gasteiger partial charge on any atom is -0.259 e. The molecule has 0 radical (unpaired) electrons. The van der Waals surface area contributed by atoms with Gasteiger partial charge in [-0.3, -0.25) is 4.98 Å². The van der Waals surface area contributed by atoms with E-state index >= 15 is 0 Å². The van der Waals surface area contributed by atoms with Crippen LogP contribution in [0.4, 0.5) is 8.78 Å². The highest BCUT2D eigenvalue weighted by molar-refractivity contribution is 9.08. The van der Waals surface area contributed by atoms with E-state index < -0.39 is 6.43 Å². The Labute approximate surface area is 82.3 Å². The van der Waals surface area contributed by atoms with Crippen LogP contribution in [-0.4, -0.2) is 4.98 Å². The van der Waals surface area contributed by atoms with E-state index in [0.29, 0.717) is 11.0 Å². The molecule has 1 aromatic heterocycles. The van der Waals surface area contributed by atoms with Crippen LogP contribution in [0.1, 0.15) is 23.2 Å². The monoisotopic (exact) mass is 246 g/mol. The van der Waals surface area contributed by atoms with E-state index in [9.17, 15) is 8.78 Å². The number of halogens is 3. The molecule has 0 saturated heterocycles. The number of alkyl halides is 3. The Morgan fingerprint density at radius 3 is 2.77 bits per heavy atom. The highest BCUT2D eigenvalue weighted by Crippen LogP contribution is 2.24. The first-order chi connectivity index (χ1) is 6.20. The molecule has 0 bridgehead atoms. The molecule has 0 aliphatic carbocycles. The van der Waals surface area contributed by atoms with Crippen molar-refractivity contribution in [2.24, 2.45) is 0 Å². The standard InChI is InChI=1S/C8H5BrF2N2/c9-3-7-6(4-12)5(8(10)11)1-2-13-7/h1-2,8H,3H2. The van der Waals surface area contributed by atoms with Crippen molar-refractivity contribution in [1.29, 1.82) is 5.26 Å². The van der Waals surface area contributed by atoms with E-state index in [1.807, 2.05) is 0 Å². The molecular formula is C8H5BrF2N2. The van der Waals surface area contributed by atoms with E-state index in [-0.39, 0.29) is 11.1 Å². The van der Waals surface area contributed by atoms with Crippen LogP contribution in [0.2, 0.25) is 0 Å². The Kier molecular flexibility index (Phi) is 3.32. The lowest BCUT2D eigenvalue weighted by atomic mass is 10.1. The Hall–Kier alpha value is -1.02. The molecule has 0 atom stereocenters. The molecule has 0 aliphatic rings. The average Bonchev–Trinajstić information content (AvgIpc) is 2.16. The second-order valence-corrected chi connectivity index (χ2v) is 2.83. The van der Waals surface area contributed by atoms with Crippen LogP contribution in [0, 0.1) is 11.3 Å². The summed E-state index contributed by atoms with van der Waals surface area (Å²) in [5.41, 5.74) is 0.0571. The number of pyridine rings is 1. The van der Waals surface area contributed by atoms with Crippen LogP contribution in [-0.2, 0) is 5.33 Å². The van der Waals surface area contributed by atoms with Crippen LogP contribution in [0.3, 0.4) is 0 Å². The molecule has 0 aromatic carbocycles. The Morgan fingerprint density at radius 1 is 1.62 bits per heavy atom. The molecule has 68 valence electrons. The van der Waals surface area contributed by atoms with Crippen molar-refractivity contribution < 1.29 is 8.78 Å². The van der Waals surface area contributed by atoms with Gasteiger partial charge in [0.05, 0.1) is 11.3 Å². The molecular weight excluding hydrogens is 242 g/mol. The lowest BCUT2D eigenvalue weighted by Gasteiger charge is -2.04. The van der Waals surface area contributed by atoms with Crippen LogP contribution in [0.15, 0.2) is 12.3 Å². The zero-order valence-electron chi connectivity index (χ0n) is 6.47. The van der Waals surface area contributed by atoms with Gasteiger partial charge in [0, 0.05) is 17.1 Å². The largest absolute Gasteiger partial charge is 0.265 e. The van der Waals surface area contributed by atoms with Crippen LogP contribution < -0.4 is 0 Å². The quantitative estimate of drug-likeness (QED) is 0.753. The molecule has 5 heteroatoms. The highest BCUT2D eigenvalue weighted by atomic mass is 79.9. The summed E-state index contributed by atoms with van der Waals surface area (Å²) in [6, 6.07) is 2.89. The lowest BCUT2D eigenvalue weighted by molar-refractivity contribution is 0.151. The van der Waals surface area contributed by atoms with Crippen LogP contribution in [0.25, 0.3) is 0 Å². The first kappa shape index (κ1) is 10.1. The number of rotatable bonds is 2. The molecule has 0 saturated carbocycles. The zero-order valence-corrected chi connectivity index (χ0v) is 8.05. The fourth-order valence-electron chi connectivity index (χ4n) is 0.934. The van der Waals surface area contributed by atoms with Crippen molar-refractivity contribution in [2.45, 2.75) is 11.8 Å². The van der Waals surface area contributed by atoms with E-state index in [1.54, 1.807) is 6.07 Å². The van der Waals surface area contributed by atoms with Crippen molar-refractivity contribution in [3.63, 3.8) is 0 Å². The molecule has 0 amide bonds. The maximum Gasteiger partial charge on any atom is 0.265 e. The molecule has 0 aliphatic heterocycles. The first-order valence-electron chi connectivity index (χ1n) is 3.42. The molecule has 0 N–H and O–H groups in total. The number of nitriles is 1. The van der Waals surface area contributed by atoms with Gasteiger partial charge in [-0.25, -0.2) is 8.78 Å². The molecule has 0 spiro atoms. The topological polar surface area (TPSA) is 36.7 Å². The van der Waals surface area contributed by atoms with Crippen molar-refractivity contribution in [2.75, 3.05) is 0 Å². The molecule has 2 nitrogen and oxygen atoms in total. The van der Waals surface area contributed by atoms with Gasteiger partial charge < -0.3 is 0 Å². The molecule has 0 fully saturated rings. The van der Waals surface area contributed by atoms with Crippen molar-refractivity contribution in [3.05, 3.63) is 29.1 Å². The number of nitrogens with zero attached hydrogens (tertiary/aromatic N) is 2. The average molecular weight is 247 g/mol. The van der Waals surface area contributed by atoms with Gasteiger partial charge in [0.1, 0.15) is 6.07 Å². The van der Waals surface area contributed by atoms with Gasteiger partial charge in [0.2, 0.25) is 0 Å². The van der Waals surface area contributed by atoms with Gasteiger partial charge in [0.25, 0.3) is 6.43 Å². The van der Waals surface area contributed by atoms with E-state index in [1.165, 1.54) is 6.20 Å². The number of hydrogen-bond donors (Lipinski definition) is 0. The smallest absolute Gasteiger partial charge is 0.259 e. The molecule has 1 aromatic rings. The summed E-state index contributed by atoms with van der Waals surface area (Å²) in [6.45, 7) is 0. The van der Waals surface area contributed by atoms with Crippen LogP contribution in [0.5, 0.6) is 0 Å². The van der Waals surface area contributed by atoms with Crippen molar-refractivity contribution in [3.8, 4) is 6.07 Å². The SMILES string of the molecule is N#Cc1c(C(F)F)ccnc1CBr. The predicted molar refractivity (Wildman–Crippen MR) is 46.5 cm³/mol. The molecule has 0 unspecified atom stereocenters. The van der Waals surface area contributed by atoms with E-state index in [2.05, 4.69) is 20.9 Å². The molecule has 1 rings (SSSR count). The second kappa shape index (κ2) is 4.28. The fraction of sp³-hybridized carbons (Fsp3) is 0.250. The van der Waals surface area contributed by atoms with Crippen LogP contribution >= 0.6 is 15.9 Å². The fourth-order valence-corrected chi connectivity index (χ4v) is 1.36. The first-order valence-corrected chi connectivity index (χ1v) is 4.54. The van der Waals surface area contributed by atoms with Gasteiger partial charge in [-0.2, -0.15) is 5.26 Å². The summed E-state index contributed by atoms with van der Waals surface area (Å²) < 4.78 is 24.7. The van der Waals surface area contributed by atoms with Crippen molar-refractivity contribution >= 4 is 15.9 Å². The number of aromatic nitrogens is 1. The third-order valence-corrected chi connectivity index (χ3v) is 2.07. The van der Waals surface area contributed by atoms with Gasteiger partial charge >= 0.3 is 0 Å². The number of hydrogen-bond acceptors (Lipinski definition) is 2. The van der Waals surface area contributed by atoms with E-state index in [4.69, 9.17) is 5.26 Å². The summed E-state index contributed by atoms with van der Waals surface area (Å²) in [5, 5.41) is 8.94. The summed E-state index contributed by atoms with van der Waals surface area (Å²) in [5.74, 6) is 0. The Bertz CT molecular complexity index is 346. The second-order valence-electron chi connectivity index (χ2n) is 2.27. The van der Waals surface area contributed by atoms with Gasteiger partial charge in [-0.15, -0.1) is 0 Å². The van der Waals surface area contributed by atoms with Gasteiger partial charge in [0.15, 0.2) is 0 Å². The highest BCUT2D eigenvalue weighted by Gasteiger charge is 2.15. The molecule has 1 heterocycles. The third-order valence-electron chi connectivity index (χ3n) is 1.54. The lowest BCUT2D eigenvalue weighted by Crippen LogP contribution is -1.97. The summed E-state index contributed by atoms with van der Waals surface area (Å²) in [4.78, 5) is 3.81. The Balaban J connectivity index is 3.29. The summed E-state index contributed by atoms with van der Waals surface area (Å²) in [7, 11) is 0. The molecule has 13 heavy (non-hydrogen) atoms.